The number of phenols is 1. The number of nitrogens with zero attached hydrogens (tertiary/aromatic N) is 1. The summed E-state index contributed by atoms with van der Waals surface area (Å²) >= 11 is 5.89. The number of halogens is 3. The maximum atomic E-state index is 15.1. The van der Waals surface area contributed by atoms with Crippen LogP contribution in [-0.4, -0.2) is 26.7 Å². The summed E-state index contributed by atoms with van der Waals surface area (Å²) in [4.78, 5) is 25.4. The first-order valence-electron chi connectivity index (χ1n) is 9.95. The minimum Gasteiger partial charge on any atom is -0.503 e. The van der Waals surface area contributed by atoms with Gasteiger partial charge in [0.05, 0.1) is 11.4 Å². The van der Waals surface area contributed by atoms with Gasteiger partial charge in [-0.1, -0.05) is 30.9 Å². The topological polar surface area (TPSA) is 79.5 Å². The zero-order chi connectivity index (χ0) is 22.4. The van der Waals surface area contributed by atoms with Gasteiger partial charge in [-0.25, -0.2) is 8.78 Å². The zero-order valence-corrected chi connectivity index (χ0v) is 17.4. The molecule has 31 heavy (non-hydrogen) atoms. The second kappa shape index (κ2) is 7.96. The molecule has 0 amide bonds. The lowest BCUT2D eigenvalue weighted by atomic mass is 9.76. The number of hydrogen-bond donors (Lipinski definition) is 2. The number of carboxylic acids is 1. The Kier molecular flexibility index (Phi) is 5.47. The number of carbonyl (C=O) groups excluding carboxylic acids is 1. The molecule has 1 unspecified atom stereocenters. The normalized spacial score (nSPS) is 15.1. The average Bonchev–Trinajstić information content (AvgIpc) is 2.97. The first kappa shape index (κ1) is 21.3. The van der Waals surface area contributed by atoms with Gasteiger partial charge in [0, 0.05) is 27.7 Å². The number of phenolic OH excluding ortho intramolecular Hbond substituents is 1. The number of hydrogen-bond acceptors (Lipinski definition) is 3. The minimum atomic E-state index is -1.27. The van der Waals surface area contributed by atoms with E-state index < -0.39 is 35.2 Å². The number of aliphatic carboxylic acids is 1. The summed E-state index contributed by atoms with van der Waals surface area (Å²) in [6.45, 7) is 1.51. The summed E-state index contributed by atoms with van der Waals surface area (Å²) < 4.78 is 30.4. The lowest BCUT2D eigenvalue weighted by Crippen LogP contribution is -2.21. The molecule has 1 aliphatic rings. The van der Waals surface area contributed by atoms with Crippen molar-refractivity contribution < 1.29 is 28.6 Å². The Balaban J connectivity index is 1.98. The molecular weight excluding hydrogens is 428 g/mol. The number of carboxylic acid groups (broad SMARTS) is 1. The average molecular weight is 448 g/mol. The van der Waals surface area contributed by atoms with E-state index in [-0.39, 0.29) is 40.1 Å². The van der Waals surface area contributed by atoms with E-state index in [0.29, 0.717) is 5.02 Å². The Morgan fingerprint density at radius 1 is 1.23 bits per heavy atom. The third-order valence-corrected chi connectivity index (χ3v) is 6.40. The van der Waals surface area contributed by atoms with Gasteiger partial charge in [-0.2, -0.15) is 0 Å². The van der Waals surface area contributed by atoms with Gasteiger partial charge < -0.3 is 10.2 Å². The fourth-order valence-electron chi connectivity index (χ4n) is 4.32. The molecule has 0 spiro atoms. The Hall–Kier alpha value is -2.93. The standard InChI is InChI=1S/C23H20ClF2NO4/c1-11-18(15(23(30)31)9-12-3-2-4-12)19-17(10-16(25)21(28)20(19)26)27(11)22(29)13-5-7-14(24)8-6-13/h5-8,10,12,15,28H,2-4,9H2,1H3,(H,30,31). The molecule has 8 heteroatoms. The molecule has 1 atom stereocenters. The number of aromatic nitrogens is 1. The predicted octanol–water partition coefficient (Wildman–Crippen LogP) is 5.63. The molecule has 4 rings (SSSR count). The van der Waals surface area contributed by atoms with Crippen molar-refractivity contribution in [2.24, 2.45) is 5.92 Å². The van der Waals surface area contributed by atoms with Gasteiger partial charge in [-0.15, -0.1) is 0 Å². The van der Waals surface area contributed by atoms with E-state index in [1.807, 2.05) is 0 Å². The van der Waals surface area contributed by atoms with E-state index in [1.165, 1.54) is 31.2 Å². The van der Waals surface area contributed by atoms with Crippen molar-refractivity contribution >= 4 is 34.4 Å². The highest BCUT2D eigenvalue weighted by atomic mass is 35.5. The fourth-order valence-corrected chi connectivity index (χ4v) is 4.45. The van der Waals surface area contributed by atoms with Crippen molar-refractivity contribution in [2.75, 3.05) is 0 Å². The van der Waals surface area contributed by atoms with E-state index in [4.69, 9.17) is 11.6 Å². The lowest BCUT2D eigenvalue weighted by Gasteiger charge is -2.28. The number of fused-ring (bicyclic) bond motifs is 1. The molecule has 5 nitrogen and oxygen atoms in total. The quantitative estimate of drug-likeness (QED) is 0.531. The van der Waals surface area contributed by atoms with Crippen LogP contribution in [0.15, 0.2) is 30.3 Å². The van der Waals surface area contributed by atoms with E-state index in [1.54, 1.807) is 0 Å². The van der Waals surface area contributed by atoms with Crippen molar-refractivity contribution in [3.8, 4) is 5.75 Å². The molecule has 0 bridgehead atoms. The van der Waals surface area contributed by atoms with Gasteiger partial charge in [0.15, 0.2) is 17.4 Å². The number of carbonyl (C=O) groups is 2. The number of rotatable bonds is 5. The molecule has 162 valence electrons. The molecule has 1 fully saturated rings. The van der Waals surface area contributed by atoms with Gasteiger partial charge in [0.25, 0.3) is 5.91 Å². The molecular formula is C23H20ClF2NO4. The fraction of sp³-hybridized carbons (Fsp3) is 0.304. The Morgan fingerprint density at radius 3 is 2.42 bits per heavy atom. The molecule has 0 radical (unpaired) electrons. The van der Waals surface area contributed by atoms with Crippen LogP contribution < -0.4 is 0 Å². The van der Waals surface area contributed by atoms with Gasteiger partial charge in [0.1, 0.15) is 0 Å². The largest absolute Gasteiger partial charge is 0.503 e. The van der Waals surface area contributed by atoms with E-state index in [0.717, 1.165) is 29.9 Å². The van der Waals surface area contributed by atoms with E-state index in [9.17, 15) is 24.2 Å². The zero-order valence-electron chi connectivity index (χ0n) is 16.7. The van der Waals surface area contributed by atoms with Gasteiger partial charge in [-0.05, 0) is 49.1 Å². The van der Waals surface area contributed by atoms with Crippen LogP contribution in [0.5, 0.6) is 5.75 Å². The molecule has 2 aromatic carbocycles. The highest BCUT2D eigenvalue weighted by molar-refractivity contribution is 6.30. The van der Waals surface area contributed by atoms with Crippen molar-refractivity contribution in [3.05, 3.63) is 63.8 Å². The molecule has 0 aliphatic heterocycles. The number of aromatic hydroxyl groups is 1. The summed E-state index contributed by atoms with van der Waals surface area (Å²) in [5, 5.41) is 20.0. The third kappa shape index (κ3) is 3.57. The van der Waals surface area contributed by atoms with Crippen molar-refractivity contribution in [3.63, 3.8) is 0 Å². The maximum Gasteiger partial charge on any atom is 0.311 e. The SMILES string of the molecule is Cc1c(C(CC2CCC2)C(=O)O)c2c(F)c(O)c(F)cc2n1C(=O)c1ccc(Cl)cc1. The van der Waals surface area contributed by atoms with Crippen molar-refractivity contribution in [2.45, 2.75) is 38.5 Å². The molecule has 3 aromatic rings. The van der Waals surface area contributed by atoms with E-state index >= 15 is 4.39 Å². The van der Waals surface area contributed by atoms with Crippen molar-refractivity contribution in [1.29, 1.82) is 0 Å². The monoisotopic (exact) mass is 447 g/mol. The van der Waals surface area contributed by atoms with Crippen LogP contribution in [0.2, 0.25) is 5.02 Å². The van der Waals surface area contributed by atoms with Crippen LogP contribution in [-0.2, 0) is 4.79 Å². The predicted molar refractivity (Wildman–Crippen MR) is 112 cm³/mol. The van der Waals surface area contributed by atoms with Crippen LogP contribution in [0.3, 0.4) is 0 Å². The minimum absolute atomic E-state index is 0.0875. The molecule has 1 saturated carbocycles. The van der Waals surface area contributed by atoms with Crippen molar-refractivity contribution in [1.82, 2.24) is 4.57 Å². The summed E-state index contributed by atoms with van der Waals surface area (Å²) in [7, 11) is 0. The van der Waals surface area contributed by atoms with Gasteiger partial charge in [0.2, 0.25) is 0 Å². The maximum absolute atomic E-state index is 15.1. The molecule has 2 N–H and O–H groups in total. The second-order valence-electron chi connectivity index (χ2n) is 7.99. The summed E-state index contributed by atoms with van der Waals surface area (Å²) in [5.41, 5.74) is 0.380. The molecule has 1 heterocycles. The van der Waals surface area contributed by atoms with Gasteiger partial charge in [-0.3, -0.25) is 14.2 Å². The number of benzene rings is 2. The molecule has 0 saturated heterocycles. The third-order valence-electron chi connectivity index (χ3n) is 6.14. The Bertz CT molecular complexity index is 1200. The Labute approximate surface area is 181 Å². The second-order valence-corrected chi connectivity index (χ2v) is 8.42. The first-order valence-corrected chi connectivity index (χ1v) is 10.3. The summed E-state index contributed by atoms with van der Waals surface area (Å²) in [6, 6.07) is 6.85. The summed E-state index contributed by atoms with van der Waals surface area (Å²) in [5.74, 6) is -6.34. The van der Waals surface area contributed by atoms with Crippen LogP contribution in [0.1, 0.15) is 53.2 Å². The van der Waals surface area contributed by atoms with Crippen LogP contribution in [0.4, 0.5) is 8.78 Å². The summed E-state index contributed by atoms with van der Waals surface area (Å²) in [6.07, 6.45) is 3.05. The molecule has 1 aromatic heterocycles. The molecule has 1 aliphatic carbocycles. The van der Waals surface area contributed by atoms with E-state index in [2.05, 4.69) is 0 Å². The highest BCUT2D eigenvalue weighted by Crippen LogP contribution is 2.43. The van der Waals surface area contributed by atoms with Crippen LogP contribution >= 0.6 is 11.6 Å². The van der Waals surface area contributed by atoms with Gasteiger partial charge >= 0.3 is 5.97 Å². The van der Waals surface area contributed by atoms with Crippen LogP contribution in [0.25, 0.3) is 10.9 Å². The lowest BCUT2D eigenvalue weighted by molar-refractivity contribution is -0.139. The smallest absolute Gasteiger partial charge is 0.311 e. The highest BCUT2D eigenvalue weighted by Gasteiger charge is 2.35. The Morgan fingerprint density at radius 2 is 1.87 bits per heavy atom. The van der Waals surface area contributed by atoms with Crippen LogP contribution in [0, 0.1) is 24.5 Å². The first-order chi connectivity index (χ1) is 14.7.